The third-order valence-electron chi connectivity index (χ3n) is 2.33. The van der Waals surface area contributed by atoms with Crippen molar-refractivity contribution in [2.75, 3.05) is 6.61 Å². The summed E-state index contributed by atoms with van der Waals surface area (Å²) in [6, 6.07) is 4.88. The molecule has 1 heterocycles. The molecular formula is C9H6N4O2. The third kappa shape index (κ3) is 1.11. The minimum Gasteiger partial charge on any atom is -0.499 e. The van der Waals surface area contributed by atoms with E-state index in [0.29, 0.717) is 0 Å². The standard InChI is InChI=1S/C9H6N4O2/c10-3-8(4-11)6-15-2-1-9(8,5-12)7(13)14/h1-2H,6H2,(H2,13,14). The van der Waals surface area contributed by atoms with Gasteiger partial charge in [0.2, 0.25) is 11.3 Å². The average molecular weight is 202 g/mol. The van der Waals surface area contributed by atoms with Crippen molar-refractivity contribution in [1.82, 2.24) is 0 Å². The van der Waals surface area contributed by atoms with E-state index in [9.17, 15) is 4.79 Å². The van der Waals surface area contributed by atoms with E-state index in [2.05, 4.69) is 0 Å². The highest BCUT2D eigenvalue weighted by atomic mass is 16.5. The molecule has 1 aliphatic heterocycles. The Morgan fingerprint density at radius 2 is 1.93 bits per heavy atom. The number of carbonyl (C=O) groups excluding carboxylic acids is 1. The molecule has 0 aromatic rings. The van der Waals surface area contributed by atoms with Crippen LogP contribution in [-0.4, -0.2) is 12.5 Å². The maximum atomic E-state index is 11.2. The second kappa shape index (κ2) is 3.32. The van der Waals surface area contributed by atoms with Gasteiger partial charge in [0.1, 0.15) is 6.61 Å². The summed E-state index contributed by atoms with van der Waals surface area (Å²) < 4.78 is 4.79. The fourth-order valence-corrected chi connectivity index (χ4v) is 1.33. The molecule has 0 radical (unpaired) electrons. The van der Waals surface area contributed by atoms with E-state index >= 15 is 0 Å². The van der Waals surface area contributed by atoms with Crippen LogP contribution >= 0.6 is 0 Å². The smallest absolute Gasteiger partial charge is 0.244 e. The van der Waals surface area contributed by atoms with Gasteiger partial charge in [-0.1, -0.05) is 0 Å². The van der Waals surface area contributed by atoms with Crippen LogP contribution in [0.25, 0.3) is 0 Å². The van der Waals surface area contributed by atoms with Gasteiger partial charge in [0, 0.05) is 0 Å². The zero-order chi connectivity index (χ0) is 11.5. The van der Waals surface area contributed by atoms with Crippen molar-refractivity contribution >= 4 is 5.91 Å². The Balaban J connectivity index is 3.50. The van der Waals surface area contributed by atoms with Crippen LogP contribution in [-0.2, 0) is 9.53 Å². The molecule has 0 bridgehead atoms. The normalized spacial score (nSPS) is 26.5. The molecule has 6 nitrogen and oxygen atoms in total. The highest BCUT2D eigenvalue weighted by Crippen LogP contribution is 2.42. The molecule has 0 saturated heterocycles. The minimum atomic E-state index is -1.95. The Hall–Kier alpha value is -2.52. The maximum absolute atomic E-state index is 11.2. The molecule has 1 rings (SSSR count). The van der Waals surface area contributed by atoms with Crippen LogP contribution in [0.5, 0.6) is 0 Å². The van der Waals surface area contributed by atoms with Crippen LogP contribution in [0.4, 0.5) is 0 Å². The fourth-order valence-electron chi connectivity index (χ4n) is 1.33. The first-order valence-corrected chi connectivity index (χ1v) is 3.91. The Kier molecular flexibility index (Phi) is 2.34. The Morgan fingerprint density at radius 1 is 1.33 bits per heavy atom. The molecule has 74 valence electrons. The first-order chi connectivity index (χ1) is 7.08. The first kappa shape index (κ1) is 10.6. The summed E-state index contributed by atoms with van der Waals surface area (Å²) in [6.45, 7) is -0.354. The van der Waals surface area contributed by atoms with Gasteiger partial charge >= 0.3 is 0 Å². The van der Waals surface area contributed by atoms with Gasteiger partial charge in [0.05, 0.1) is 24.5 Å². The van der Waals surface area contributed by atoms with Gasteiger partial charge < -0.3 is 10.5 Å². The van der Waals surface area contributed by atoms with E-state index in [0.717, 1.165) is 12.3 Å². The molecule has 2 N–H and O–H groups in total. The molecule has 1 amide bonds. The van der Waals surface area contributed by atoms with Crippen LogP contribution < -0.4 is 5.73 Å². The Labute approximate surface area is 85.8 Å². The average Bonchev–Trinajstić information content (AvgIpc) is 2.28. The number of nitriles is 3. The molecule has 0 spiro atoms. The molecule has 1 aliphatic rings. The summed E-state index contributed by atoms with van der Waals surface area (Å²) in [7, 11) is 0. The lowest BCUT2D eigenvalue weighted by Crippen LogP contribution is -2.51. The summed E-state index contributed by atoms with van der Waals surface area (Å²) >= 11 is 0. The van der Waals surface area contributed by atoms with Gasteiger partial charge in [-0.2, -0.15) is 15.8 Å². The van der Waals surface area contributed by atoms with Gasteiger partial charge in [0.25, 0.3) is 0 Å². The molecule has 0 saturated carbocycles. The maximum Gasteiger partial charge on any atom is 0.244 e. The molecule has 0 aliphatic carbocycles. The summed E-state index contributed by atoms with van der Waals surface area (Å²) in [6.07, 6.45) is 2.15. The van der Waals surface area contributed by atoms with Crippen molar-refractivity contribution in [2.24, 2.45) is 16.6 Å². The largest absolute Gasteiger partial charge is 0.499 e. The van der Waals surface area contributed by atoms with Crippen LogP contribution in [0.3, 0.4) is 0 Å². The minimum absolute atomic E-state index is 0.354. The van der Waals surface area contributed by atoms with Crippen LogP contribution in [0, 0.1) is 44.8 Å². The molecule has 1 unspecified atom stereocenters. The number of hydrogen-bond donors (Lipinski definition) is 1. The van der Waals surface area contributed by atoms with Crippen LogP contribution in [0.2, 0.25) is 0 Å². The van der Waals surface area contributed by atoms with Gasteiger partial charge in [-0.05, 0) is 6.08 Å². The van der Waals surface area contributed by atoms with E-state index in [-0.39, 0.29) is 6.61 Å². The molecule has 0 aromatic carbocycles. The Bertz CT molecular complexity index is 434. The summed E-state index contributed by atoms with van der Waals surface area (Å²) in [5.41, 5.74) is 1.23. The van der Waals surface area contributed by atoms with Crippen molar-refractivity contribution in [3.63, 3.8) is 0 Å². The van der Waals surface area contributed by atoms with Gasteiger partial charge in [-0.15, -0.1) is 0 Å². The zero-order valence-electron chi connectivity index (χ0n) is 7.60. The second-order valence-corrected chi connectivity index (χ2v) is 3.03. The lowest BCUT2D eigenvalue weighted by Gasteiger charge is -2.33. The number of rotatable bonds is 1. The summed E-state index contributed by atoms with van der Waals surface area (Å²) in [5.74, 6) is -1.03. The van der Waals surface area contributed by atoms with Crippen molar-refractivity contribution in [2.45, 2.75) is 0 Å². The predicted octanol–water partition coefficient (Wildman–Crippen LogP) is -0.441. The molecule has 6 heteroatoms. The second-order valence-electron chi connectivity index (χ2n) is 3.03. The fraction of sp³-hybridized carbons (Fsp3) is 0.333. The van der Waals surface area contributed by atoms with Crippen molar-refractivity contribution < 1.29 is 9.53 Å². The third-order valence-corrected chi connectivity index (χ3v) is 2.33. The SMILES string of the molecule is N#CC1(C#N)COC=CC1(C#N)C(N)=O. The Morgan fingerprint density at radius 3 is 2.27 bits per heavy atom. The number of carbonyl (C=O) groups is 1. The van der Waals surface area contributed by atoms with Gasteiger partial charge in [0.15, 0.2) is 5.41 Å². The molecule has 0 aromatic heterocycles. The number of nitrogens with two attached hydrogens (primary N) is 1. The molecule has 15 heavy (non-hydrogen) atoms. The summed E-state index contributed by atoms with van der Waals surface area (Å²) in [4.78, 5) is 11.2. The highest BCUT2D eigenvalue weighted by Gasteiger charge is 2.59. The lowest BCUT2D eigenvalue weighted by molar-refractivity contribution is -0.127. The molecular weight excluding hydrogens is 196 g/mol. The monoisotopic (exact) mass is 202 g/mol. The number of amides is 1. The predicted molar refractivity (Wildman–Crippen MR) is 46.0 cm³/mol. The summed E-state index contributed by atoms with van der Waals surface area (Å²) in [5, 5.41) is 26.8. The van der Waals surface area contributed by atoms with E-state index < -0.39 is 16.7 Å². The van der Waals surface area contributed by atoms with Gasteiger partial charge in [-0.3, -0.25) is 4.79 Å². The quantitative estimate of drug-likeness (QED) is 0.617. The van der Waals surface area contributed by atoms with E-state index in [1.807, 2.05) is 0 Å². The van der Waals surface area contributed by atoms with Crippen molar-refractivity contribution in [1.29, 1.82) is 15.8 Å². The van der Waals surface area contributed by atoms with Gasteiger partial charge in [-0.25, -0.2) is 0 Å². The first-order valence-electron chi connectivity index (χ1n) is 3.91. The van der Waals surface area contributed by atoms with Crippen molar-refractivity contribution in [3.05, 3.63) is 12.3 Å². The topological polar surface area (TPSA) is 124 Å². The number of primary amides is 1. The van der Waals surface area contributed by atoms with Crippen LogP contribution in [0.15, 0.2) is 12.3 Å². The van der Waals surface area contributed by atoms with E-state index in [1.165, 1.54) is 0 Å². The number of hydrogen-bond acceptors (Lipinski definition) is 5. The van der Waals surface area contributed by atoms with Crippen molar-refractivity contribution in [3.8, 4) is 18.2 Å². The van der Waals surface area contributed by atoms with Crippen LogP contribution in [0.1, 0.15) is 0 Å². The van der Waals surface area contributed by atoms with E-state index in [1.54, 1.807) is 18.2 Å². The number of ether oxygens (including phenoxy) is 1. The van der Waals surface area contributed by atoms with E-state index in [4.69, 9.17) is 26.3 Å². The highest BCUT2D eigenvalue weighted by molar-refractivity contribution is 5.88. The zero-order valence-corrected chi connectivity index (χ0v) is 7.60. The molecule has 1 atom stereocenters. The lowest BCUT2D eigenvalue weighted by atomic mass is 9.64. The number of nitrogens with zero attached hydrogens (tertiary/aromatic N) is 3. The molecule has 0 fully saturated rings.